The second kappa shape index (κ2) is 6.86. The van der Waals surface area contributed by atoms with Gasteiger partial charge in [-0.2, -0.15) is 0 Å². The summed E-state index contributed by atoms with van der Waals surface area (Å²) >= 11 is 1.45. The normalized spacial score (nSPS) is 15.6. The molecular weight excluding hydrogens is 322 g/mol. The van der Waals surface area contributed by atoms with E-state index in [1.54, 1.807) is 0 Å². The molecule has 3 heterocycles. The van der Waals surface area contributed by atoms with E-state index in [4.69, 9.17) is 0 Å². The Morgan fingerprint density at radius 1 is 1.12 bits per heavy atom. The van der Waals surface area contributed by atoms with Crippen LogP contribution in [0.1, 0.15) is 26.6 Å². The number of thiophene rings is 1. The fraction of sp³-hybridized carbons (Fsp3) is 0.471. The molecule has 2 aromatic heterocycles. The van der Waals surface area contributed by atoms with Gasteiger partial charge in [-0.3, -0.25) is 4.79 Å². The van der Waals surface area contributed by atoms with E-state index in [0.29, 0.717) is 10.6 Å². The molecule has 0 aliphatic carbocycles. The number of hydrogen-bond acceptors (Lipinski definition) is 6. The van der Waals surface area contributed by atoms with Crippen LogP contribution in [0.25, 0.3) is 0 Å². The van der Waals surface area contributed by atoms with E-state index in [-0.39, 0.29) is 5.91 Å². The van der Waals surface area contributed by atoms with Gasteiger partial charge in [-0.1, -0.05) is 0 Å². The third-order valence-corrected chi connectivity index (χ3v) is 5.28. The first-order valence-corrected chi connectivity index (χ1v) is 8.97. The van der Waals surface area contributed by atoms with Gasteiger partial charge >= 0.3 is 0 Å². The highest BCUT2D eigenvalue weighted by Gasteiger charge is 2.19. The molecular formula is C17H23N5OS. The van der Waals surface area contributed by atoms with Crippen LogP contribution in [-0.2, 0) is 0 Å². The van der Waals surface area contributed by atoms with Crippen LogP contribution in [0.4, 0.5) is 11.6 Å². The lowest BCUT2D eigenvalue weighted by atomic mass is 10.2. The fourth-order valence-corrected chi connectivity index (χ4v) is 3.55. The van der Waals surface area contributed by atoms with Crippen molar-refractivity contribution in [3.8, 4) is 0 Å². The molecule has 1 fully saturated rings. The summed E-state index contributed by atoms with van der Waals surface area (Å²) in [6.45, 7) is 9.70. The van der Waals surface area contributed by atoms with E-state index < -0.39 is 0 Å². The summed E-state index contributed by atoms with van der Waals surface area (Å²) in [6.07, 6.45) is 0. The van der Waals surface area contributed by atoms with Gasteiger partial charge in [0, 0.05) is 26.2 Å². The molecule has 1 N–H and O–H groups in total. The summed E-state index contributed by atoms with van der Waals surface area (Å²) < 4.78 is 0. The zero-order valence-electron chi connectivity index (χ0n) is 14.6. The van der Waals surface area contributed by atoms with Gasteiger partial charge in [0.2, 0.25) is 5.95 Å². The molecule has 1 saturated heterocycles. The third-order valence-electron chi connectivity index (χ3n) is 4.24. The van der Waals surface area contributed by atoms with Gasteiger partial charge in [0.1, 0.15) is 0 Å². The topological polar surface area (TPSA) is 61.4 Å². The Balaban J connectivity index is 1.78. The molecule has 0 bridgehead atoms. The molecule has 0 saturated carbocycles. The highest BCUT2D eigenvalue weighted by atomic mass is 32.1. The molecule has 1 amide bonds. The second-order valence-electron chi connectivity index (χ2n) is 6.30. The lowest BCUT2D eigenvalue weighted by Crippen LogP contribution is -2.45. The Bertz CT molecular complexity index is 726. The zero-order valence-corrected chi connectivity index (χ0v) is 15.4. The van der Waals surface area contributed by atoms with Gasteiger partial charge in [0.25, 0.3) is 5.91 Å². The fourth-order valence-electron chi connectivity index (χ4n) is 2.75. The van der Waals surface area contributed by atoms with Crippen molar-refractivity contribution in [3.63, 3.8) is 0 Å². The quantitative estimate of drug-likeness (QED) is 0.926. The molecule has 0 unspecified atom stereocenters. The van der Waals surface area contributed by atoms with Crippen molar-refractivity contribution in [2.75, 3.05) is 43.4 Å². The number of hydrogen-bond donors (Lipinski definition) is 1. The van der Waals surface area contributed by atoms with Crippen molar-refractivity contribution in [1.29, 1.82) is 0 Å². The first-order chi connectivity index (χ1) is 11.4. The standard InChI is InChI=1S/C17H23N5OS/c1-11-9-14(24-10-11)16(23)20-15-12(2)18-17(19-13(15)3)22-7-5-21(4)6-8-22/h9-10H,5-8H2,1-4H3,(H,20,23). The number of aryl methyl sites for hydroxylation is 3. The number of nitrogens with zero attached hydrogens (tertiary/aromatic N) is 4. The van der Waals surface area contributed by atoms with Crippen LogP contribution in [0.15, 0.2) is 11.4 Å². The smallest absolute Gasteiger partial charge is 0.265 e. The summed E-state index contributed by atoms with van der Waals surface area (Å²) in [6, 6.07) is 1.89. The molecule has 128 valence electrons. The molecule has 3 rings (SSSR count). The lowest BCUT2D eigenvalue weighted by molar-refractivity contribution is 0.103. The molecule has 6 nitrogen and oxygen atoms in total. The maximum absolute atomic E-state index is 12.4. The Morgan fingerprint density at radius 3 is 2.29 bits per heavy atom. The van der Waals surface area contributed by atoms with Crippen LogP contribution >= 0.6 is 11.3 Å². The first-order valence-electron chi connectivity index (χ1n) is 8.09. The van der Waals surface area contributed by atoms with Crippen molar-refractivity contribution in [3.05, 3.63) is 33.3 Å². The zero-order chi connectivity index (χ0) is 17.3. The predicted molar refractivity (Wildman–Crippen MR) is 98.2 cm³/mol. The van der Waals surface area contributed by atoms with Crippen LogP contribution in [0.5, 0.6) is 0 Å². The number of anilines is 2. The van der Waals surface area contributed by atoms with Gasteiger partial charge in [-0.25, -0.2) is 9.97 Å². The number of rotatable bonds is 3. The lowest BCUT2D eigenvalue weighted by Gasteiger charge is -2.32. The summed E-state index contributed by atoms with van der Waals surface area (Å²) in [5.74, 6) is 0.651. The predicted octanol–water partition coefficient (Wildman–Crippen LogP) is 2.47. The van der Waals surface area contributed by atoms with Gasteiger partial charge in [-0.05, 0) is 44.8 Å². The number of likely N-dealkylation sites (N-methyl/N-ethyl adjacent to an activating group) is 1. The molecule has 2 aromatic rings. The van der Waals surface area contributed by atoms with Gasteiger partial charge < -0.3 is 15.1 Å². The minimum absolute atomic E-state index is 0.102. The number of carbonyl (C=O) groups excluding carboxylic acids is 1. The minimum atomic E-state index is -0.102. The molecule has 1 aliphatic heterocycles. The van der Waals surface area contributed by atoms with Crippen LogP contribution in [0.2, 0.25) is 0 Å². The average Bonchev–Trinajstić information content (AvgIpc) is 2.98. The van der Waals surface area contributed by atoms with Crippen molar-refractivity contribution in [2.45, 2.75) is 20.8 Å². The third kappa shape index (κ3) is 3.57. The molecule has 7 heteroatoms. The van der Waals surface area contributed by atoms with E-state index in [1.165, 1.54) is 11.3 Å². The number of aromatic nitrogens is 2. The number of amides is 1. The molecule has 24 heavy (non-hydrogen) atoms. The summed E-state index contributed by atoms with van der Waals surface area (Å²) in [4.78, 5) is 26.8. The van der Waals surface area contributed by atoms with Crippen molar-refractivity contribution in [1.82, 2.24) is 14.9 Å². The van der Waals surface area contributed by atoms with Gasteiger partial charge in [0.15, 0.2) is 0 Å². The van der Waals surface area contributed by atoms with Crippen LogP contribution in [0.3, 0.4) is 0 Å². The van der Waals surface area contributed by atoms with Crippen LogP contribution in [0, 0.1) is 20.8 Å². The summed E-state index contributed by atoms with van der Waals surface area (Å²) in [5, 5.41) is 4.94. The Morgan fingerprint density at radius 2 is 1.75 bits per heavy atom. The van der Waals surface area contributed by atoms with Gasteiger partial charge in [0.05, 0.1) is 22.0 Å². The van der Waals surface area contributed by atoms with Crippen LogP contribution in [-0.4, -0.2) is 54.0 Å². The van der Waals surface area contributed by atoms with E-state index >= 15 is 0 Å². The monoisotopic (exact) mass is 345 g/mol. The number of piperazine rings is 1. The summed E-state index contributed by atoms with van der Waals surface area (Å²) in [7, 11) is 2.12. The van der Waals surface area contributed by atoms with E-state index in [1.807, 2.05) is 32.2 Å². The Hall–Kier alpha value is -1.99. The highest BCUT2D eigenvalue weighted by molar-refractivity contribution is 7.12. The maximum Gasteiger partial charge on any atom is 0.265 e. The highest BCUT2D eigenvalue weighted by Crippen LogP contribution is 2.23. The minimum Gasteiger partial charge on any atom is -0.338 e. The molecule has 1 aliphatic rings. The second-order valence-corrected chi connectivity index (χ2v) is 7.21. The van der Waals surface area contributed by atoms with Crippen molar-refractivity contribution in [2.24, 2.45) is 0 Å². The van der Waals surface area contributed by atoms with E-state index in [9.17, 15) is 4.79 Å². The SMILES string of the molecule is Cc1csc(C(=O)Nc2c(C)nc(N3CCN(C)CC3)nc2C)c1. The number of carbonyl (C=O) groups is 1. The van der Waals surface area contributed by atoms with Crippen molar-refractivity contribution >= 4 is 28.9 Å². The van der Waals surface area contributed by atoms with Crippen LogP contribution < -0.4 is 10.2 Å². The number of nitrogens with one attached hydrogen (secondary N) is 1. The van der Waals surface area contributed by atoms with E-state index in [2.05, 4.69) is 32.1 Å². The van der Waals surface area contributed by atoms with Crippen molar-refractivity contribution < 1.29 is 4.79 Å². The maximum atomic E-state index is 12.4. The molecule has 0 radical (unpaired) electrons. The molecule has 0 aromatic carbocycles. The Kier molecular flexibility index (Phi) is 4.82. The Labute approximate surface area is 146 Å². The largest absolute Gasteiger partial charge is 0.338 e. The van der Waals surface area contributed by atoms with Gasteiger partial charge in [-0.15, -0.1) is 11.3 Å². The van der Waals surface area contributed by atoms with E-state index in [0.717, 1.165) is 49.1 Å². The average molecular weight is 345 g/mol. The first kappa shape index (κ1) is 16.9. The molecule has 0 atom stereocenters. The molecule has 0 spiro atoms. The summed E-state index contributed by atoms with van der Waals surface area (Å²) in [5.41, 5.74) is 3.42.